The molecular formula is C20H22BrN3O3. The zero-order valence-electron chi connectivity index (χ0n) is 15.1. The zero-order valence-corrected chi connectivity index (χ0v) is 16.7. The molecule has 1 heterocycles. The van der Waals surface area contributed by atoms with E-state index in [1.165, 1.54) is 0 Å². The number of carbonyl (C=O) groups excluding carboxylic acids is 1. The van der Waals surface area contributed by atoms with Crippen LogP contribution in [0.1, 0.15) is 27.1 Å². The summed E-state index contributed by atoms with van der Waals surface area (Å²) < 4.78 is 0.873. The number of carboxylic acid groups (broad SMARTS) is 1. The van der Waals surface area contributed by atoms with Crippen LogP contribution in [0.5, 0.6) is 0 Å². The largest absolute Gasteiger partial charge is 0.478 e. The summed E-state index contributed by atoms with van der Waals surface area (Å²) in [5.74, 6) is -1.40. The second-order valence-corrected chi connectivity index (χ2v) is 7.56. The van der Waals surface area contributed by atoms with Crippen LogP contribution in [0.15, 0.2) is 46.9 Å². The van der Waals surface area contributed by atoms with Crippen LogP contribution in [0, 0.1) is 0 Å². The lowest BCUT2D eigenvalue weighted by molar-refractivity contribution is 0.0698. The molecule has 7 heteroatoms. The first kappa shape index (κ1) is 19.4. The average Bonchev–Trinajstić information content (AvgIpc) is 2.87. The zero-order chi connectivity index (χ0) is 19.4. The predicted octanol–water partition coefficient (Wildman–Crippen LogP) is 3.54. The Morgan fingerprint density at radius 3 is 2.48 bits per heavy atom. The molecule has 0 aromatic heterocycles. The lowest BCUT2D eigenvalue weighted by Crippen LogP contribution is -2.29. The molecule has 1 aliphatic heterocycles. The SMILES string of the molecule is CN1CCCN(c2ccc(NC(=O)c3ccc(Br)cc3)c(C(=O)O)c2)CC1. The molecule has 2 aromatic carbocycles. The van der Waals surface area contributed by atoms with Gasteiger partial charge in [0.15, 0.2) is 0 Å². The van der Waals surface area contributed by atoms with Gasteiger partial charge in [0.1, 0.15) is 0 Å². The van der Waals surface area contributed by atoms with Crippen molar-refractivity contribution in [2.75, 3.05) is 43.4 Å². The number of nitrogens with zero attached hydrogens (tertiary/aromatic N) is 2. The topological polar surface area (TPSA) is 72.9 Å². The molecule has 2 N–H and O–H groups in total. The Balaban J connectivity index is 1.82. The molecule has 0 radical (unpaired) electrons. The number of rotatable bonds is 4. The van der Waals surface area contributed by atoms with Crippen LogP contribution in [0.4, 0.5) is 11.4 Å². The molecule has 1 saturated heterocycles. The van der Waals surface area contributed by atoms with Gasteiger partial charge in [-0.15, -0.1) is 0 Å². The molecule has 0 saturated carbocycles. The number of aromatic carboxylic acids is 1. The molecule has 6 nitrogen and oxygen atoms in total. The van der Waals surface area contributed by atoms with Crippen molar-refractivity contribution in [3.63, 3.8) is 0 Å². The van der Waals surface area contributed by atoms with Crippen LogP contribution < -0.4 is 10.2 Å². The number of likely N-dealkylation sites (N-methyl/N-ethyl adjacent to an activating group) is 1. The minimum absolute atomic E-state index is 0.0931. The summed E-state index contributed by atoms with van der Waals surface area (Å²) in [6, 6.07) is 12.1. The Kier molecular flexibility index (Phi) is 6.13. The molecule has 0 atom stereocenters. The Morgan fingerprint density at radius 1 is 1.04 bits per heavy atom. The Hall–Kier alpha value is -2.38. The van der Waals surface area contributed by atoms with Crippen LogP contribution in [0.3, 0.4) is 0 Å². The average molecular weight is 432 g/mol. The first-order valence-electron chi connectivity index (χ1n) is 8.82. The summed E-state index contributed by atoms with van der Waals surface area (Å²) in [5, 5.41) is 12.3. The van der Waals surface area contributed by atoms with Gasteiger partial charge in [-0.2, -0.15) is 0 Å². The fourth-order valence-electron chi connectivity index (χ4n) is 3.12. The molecule has 2 aromatic rings. The number of amides is 1. The third-order valence-electron chi connectivity index (χ3n) is 4.67. The van der Waals surface area contributed by atoms with Gasteiger partial charge in [0.05, 0.1) is 11.3 Å². The Labute approximate surface area is 166 Å². The smallest absolute Gasteiger partial charge is 0.337 e. The highest BCUT2D eigenvalue weighted by Crippen LogP contribution is 2.25. The summed E-state index contributed by atoms with van der Waals surface area (Å²) in [5.41, 5.74) is 1.72. The van der Waals surface area contributed by atoms with Crippen molar-refractivity contribution in [1.29, 1.82) is 0 Å². The fraction of sp³-hybridized carbons (Fsp3) is 0.300. The van der Waals surface area contributed by atoms with Gasteiger partial charge in [0, 0.05) is 35.4 Å². The lowest BCUT2D eigenvalue weighted by atomic mass is 10.1. The highest BCUT2D eigenvalue weighted by Gasteiger charge is 2.18. The molecule has 0 spiro atoms. The summed E-state index contributed by atoms with van der Waals surface area (Å²) >= 11 is 3.33. The summed E-state index contributed by atoms with van der Waals surface area (Å²) in [6.45, 7) is 3.70. The van der Waals surface area contributed by atoms with Gasteiger partial charge in [0.25, 0.3) is 5.91 Å². The number of benzene rings is 2. The Morgan fingerprint density at radius 2 is 1.78 bits per heavy atom. The van der Waals surface area contributed by atoms with E-state index in [0.29, 0.717) is 11.3 Å². The van der Waals surface area contributed by atoms with Crippen LogP contribution in [-0.2, 0) is 0 Å². The molecule has 0 bridgehead atoms. The van der Waals surface area contributed by atoms with Crippen molar-refractivity contribution >= 4 is 39.2 Å². The molecule has 0 unspecified atom stereocenters. The summed E-state index contributed by atoms with van der Waals surface area (Å²) in [4.78, 5) is 28.6. The van der Waals surface area contributed by atoms with Crippen LogP contribution in [0.25, 0.3) is 0 Å². The highest BCUT2D eigenvalue weighted by atomic mass is 79.9. The monoisotopic (exact) mass is 431 g/mol. The maximum absolute atomic E-state index is 12.4. The minimum Gasteiger partial charge on any atom is -0.478 e. The molecule has 142 valence electrons. The van der Waals surface area contributed by atoms with Gasteiger partial charge in [-0.25, -0.2) is 4.79 Å². The van der Waals surface area contributed by atoms with E-state index in [1.54, 1.807) is 36.4 Å². The first-order valence-corrected chi connectivity index (χ1v) is 9.61. The van der Waals surface area contributed by atoms with Gasteiger partial charge in [-0.1, -0.05) is 15.9 Å². The molecular weight excluding hydrogens is 410 g/mol. The molecule has 1 amide bonds. The van der Waals surface area contributed by atoms with E-state index in [1.807, 2.05) is 6.07 Å². The van der Waals surface area contributed by atoms with E-state index in [2.05, 4.69) is 38.1 Å². The second-order valence-electron chi connectivity index (χ2n) is 6.64. The van der Waals surface area contributed by atoms with E-state index in [4.69, 9.17) is 0 Å². The maximum atomic E-state index is 12.4. The standard InChI is InChI=1S/C20H22BrN3O3/c1-23-9-2-10-24(12-11-23)16-7-8-18(17(13-16)20(26)27)22-19(25)14-3-5-15(21)6-4-14/h3-8,13H,2,9-12H2,1H3,(H,22,25)(H,26,27). The van der Waals surface area contributed by atoms with Gasteiger partial charge in [0.2, 0.25) is 0 Å². The number of carbonyl (C=O) groups is 2. The van der Waals surface area contributed by atoms with E-state index in [0.717, 1.165) is 42.8 Å². The molecule has 1 aliphatic rings. The lowest BCUT2D eigenvalue weighted by Gasteiger charge is -2.24. The number of hydrogen-bond donors (Lipinski definition) is 2. The van der Waals surface area contributed by atoms with E-state index >= 15 is 0 Å². The third kappa shape index (κ3) is 4.87. The molecule has 3 rings (SSSR count). The van der Waals surface area contributed by atoms with E-state index < -0.39 is 5.97 Å². The summed E-state index contributed by atoms with van der Waals surface area (Å²) in [6.07, 6.45) is 1.03. The van der Waals surface area contributed by atoms with Gasteiger partial charge in [-0.3, -0.25) is 4.79 Å². The highest BCUT2D eigenvalue weighted by molar-refractivity contribution is 9.10. The first-order chi connectivity index (χ1) is 12.9. The van der Waals surface area contributed by atoms with Crippen LogP contribution >= 0.6 is 15.9 Å². The van der Waals surface area contributed by atoms with Crippen molar-refractivity contribution < 1.29 is 14.7 Å². The van der Waals surface area contributed by atoms with Crippen molar-refractivity contribution in [2.24, 2.45) is 0 Å². The van der Waals surface area contributed by atoms with Crippen molar-refractivity contribution in [2.45, 2.75) is 6.42 Å². The molecule has 27 heavy (non-hydrogen) atoms. The Bertz CT molecular complexity index is 839. The number of nitrogens with one attached hydrogen (secondary N) is 1. The normalized spacial score (nSPS) is 15.3. The number of anilines is 2. The number of carboxylic acids is 1. The number of hydrogen-bond acceptors (Lipinski definition) is 4. The van der Waals surface area contributed by atoms with E-state index in [-0.39, 0.29) is 11.5 Å². The maximum Gasteiger partial charge on any atom is 0.337 e. The minimum atomic E-state index is -1.06. The van der Waals surface area contributed by atoms with Crippen LogP contribution in [-0.4, -0.2) is 55.1 Å². The fourth-order valence-corrected chi connectivity index (χ4v) is 3.38. The predicted molar refractivity (Wildman–Crippen MR) is 110 cm³/mol. The van der Waals surface area contributed by atoms with Gasteiger partial charge < -0.3 is 20.2 Å². The van der Waals surface area contributed by atoms with Crippen molar-refractivity contribution in [3.8, 4) is 0 Å². The van der Waals surface area contributed by atoms with Crippen LogP contribution in [0.2, 0.25) is 0 Å². The third-order valence-corrected chi connectivity index (χ3v) is 5.20. The second kappa shape index (κ2) is 8.54. The van der Waals surface area contributed by atoms with E-state index in [9.17, 15) is 14.7 Å². The van der Waals surface area contributed by atoms with Crippen molar-refractivity contribution in [1.82, 2.24) is 4.90 Å². The molecule has 0 aliphatic carbocycles. The number of halogens is 1. The summed E-state index contributed by atoms with van der Waals surface area (Å²) in [7, 11) is 2.09. The quantitative estimate of drug-likeness (QED) is 0.774. The van der Waals surface area contributed by atoms with Crippen molar-refractivity contribution in [3.05, 3.63) is 58.1 Å². The van der Waals surface area contributed by atoms with Gasteiger partial charge >= 0.3 is 5.97 Å². The van der Waals surface area contributed by atoms with Gasteiger partial charge in [-0.05, 0) is 62.5 Å². The molecule has 1 fully saturated rings.